The Morgan fingerprint density at radius 2 is 2.00 bits per heavy atom. The van der Waals surface area contributed by atoms with E-state index in [-0.39, 0.29) is 0 Å². The summed E-state index contributed by atoms with van der Waals surface area (Å²) in [4.78, 5) is 20.8. The topological polar surface area (TPSA) is 64.1 Å². The van der Waals surface area contributed by atoms with Crippen LogP contribution in [-0.4, -0.2) is 23.0 Å². The number of nitrogens with one attached hydrogen (secondary N) is 1. The van der Waals surface area contributed by atoms with Crippen molar-refractivity contribution in [3.05, 3.63) is 58.7 Å². The maximum atomic E-state index is 11.9. The molecule has 5 heteroatoms. The largest absolute Gasteiger partial charge is 0.464 e. The summed E-state index contributed by atoms with van der Waals surface area (Å²) in [5.41, 5.74) is 3.41. The normalized spacial score (nSPS) is 13.0. The summed E-state index contributed by atoms with van der Waals surface area (Å²) in [5.74, 6) is 0.306. The van der Waals surface area contributed by atoms with Crippen LogP contribution in [0.5, 0.6) is 0 Å². The Labute approximate surface area is 123 Å². The van der Waals surface area contributed by atoms with E-state index in [1.165, 1.54) is 12.7 Å². The van der Waals surface area contributed by atoms with Crippen LogP contribution in [0.3, 0.4) is 0 Å². The lowest BCUT2D eigenvalue weighted by Gasteiger charge is -2.08. The van der Waals surface area contributed by atoms with Crippen LogP contribution in [0.25, 0.3) is 0 Å². The number of hydrogen-bond acceptors (Lipinski definition) is 5. The van der Waals surface area contributed by atoms with E-state index >= 15 is 0 Å². The van der Waals surface area contributed by atoms with Crippen LogP contribution < -0.4 is 5.32 Å². The molecule has 0 amide bonds. The van der Waals surface area contributed by atoms with Crippen LogP contribution >= 0.6 is 0 Å². The summed E-state index contributed by atoms with van der Waals surface area (Å²) in [6, 6.07) is 10.2. The average molecular weight is 283 g/mol. The van der Waals surface area contributed by atoms with E-state index in [0.29, 0.717) is 31.0 Å². The third-order valence-electron chi connectivity index (χ3n) is 3.59. The molecule has 0 spiro atoms. The third kappa shape index (κ3) is 2.92. The first kappa shape index (κ1) is 13.7. The smallest absolute Gasteiger partial charge is 0.357 e. The molecule has 0 atom stereocenters. The highest BCUT2D eigenvalue weighted by Crippen LogP contribution is 2.18. The zero-order valence-electron chi connectivity index (χ0n) is 11.9. The first-order valence-corrected chi connectivity index (χ1v) is 6.99. The summed E-state index contributed by atoms with van der Waals surface area (Å²) in [6.07, 6.45) is 1.56. The number of aromatic nitrogens is 2. The van der Waals surface area contributed by atoms with Crippen molar-refractivity contribution in [3.63, 3.8) is 0 Å². The Balaban J connectivity index is 1.84. The molecule has 0 saturated carbocycles. The van der Waals surface area contributed by atoms with Crippen LogP contribution in [0, 0.1) is 0 Å². The molecule has 0 saturated heterocycles. The predicted octanol–water partition coefficient (Wildman–Crippen LogP) is 1.65. The number of esters is 1. The highest BCUT2D eigenvalue weighted by Gasteiger charge is 2.23. The molecule has 3 rings (SSSR count). The number of nitrogens with zero attached hydrogens (tertiary/aromatic N) is 2. The minimum atomic E-state index is -0.390. The lowest BCUT2D eigenvalue weighted by molar-refractivity contribution is 0.0592. The maximum absolute atomic E-state index is 11.9. The van der Waals surface area contributed by atoms with Gasteiger partial charge in [0.05, 0.1) is 12.8 Å². The molecule has 21 heavy (non-hydrogen) atoms. The monoisotopic (exact) mass is 283 g/mol. The average Bonchev–Trinajstić information content (AvgIpc) is 3.00. The van der Waals surface area contributed by atoms with Gasteiger partial charge in [-0.1, -0.05) is 30.3 Å². The van der Waals surface area contributed by atoms with E-state index < -0.39 is 5.97 Å². The summed E-state index contributed by atoms with van der Waals surface area (Å²) < 4.78 is 4.82. The minimum absolute atomic E-state index is 0.390. The number of carbonyl (C=O) groups is 1. The molecule has 1 aromatic heterocycles. The SMILES string of the molecule is COC(=O)c1nc(CCc2ccccc2)nc2c1CNC2. The van der Waals surface area contributed by atoms with E-state index in [1.54, 1.807) is 0 Å². The minimum Gasteiger partial charge on any atom is -0.464 e. The number of methoxy groups -OCH3 is 1. The molecule has 2 heterocycles. The molecular formula is C16H17N3O2. The molecule has 5 nitrogen and oxygen atoms in total. The molecule has 1 aliphatic rings. The van der Waals surface area contributed by atoms with Crippen LogP contribution in [-0.2, 0) is 30.7 Å². The molecule has 1 aromatic carbocycles. The number of aryl methyl sites for hydroxylation is 2. The molecular weight excluding hydrogens is 266 g/mol. The quantitative estimate of drug-likeness (QED) is 0.864. The van der Waals surface area contributed by atoms with E-state index in [4.69, 9.17) is 4.74 Å². The van der Waals surface area contributed by atoms with E-state index in [2.05, 4.69) is 27.4 Å². The summed E-state index contributed by atoms with van der Waals surface area (Å²) in [6.45, 7) is 1.30. The zero-order chi connectivity index (χ0) is 14.7. The van der Waals surface area contributed by atoms with Crippen molar-refractivity contribution in [2.45, 2.75) is 25.9 Å². The van der Waals surface area contributed by atoms with Gasteiger partial charge >= 0.3 is 5.97 Å². The van der Waals surface area contributed by atoms with Crippen molar-refractivity contribution in [2.24, 2.45) is 0 Å². The number of ether oxygens (including phenoxy) is 1. The standard InChI is InChI=1S/C16H17N3O2/c1-21-16(20)15-12-9-17-10-13(12)18-14(19-15)8-7-11-5-3-2-4-6-11/h2-6,17H,7-10H2,1H3. The molecule has 0 aliphatic carbocycles. The highest BCUT2D eigenvalue weighted by atomic mass is 16.5. The molecule has 2 aromatic rings. The lowest BCUT2D eigenvalue weighted by atomic mass is 10.1. The Morgan fingerprint density at radius 3 is 2.76 bits per heavy atom. The van der Waals surface area contributed by atoms with Crippen molar-refractivity contribution in [1.82, 2.24) is 15.3 Å². The third-order valence-corrected chi connectivity index (χ3v) is 3.59. The molecule has 1 aliphatic heterocycles. The number of carbonyl (C=O) groups excluding carboxylic acids is 1. The summed E-state index contributed by atoms with van der Waals surface area (Å²) >= 11 is 0. The maximum Gasteiger partial charge on any atom is 0.357 e. The van der Waals surface area contributed by atoms with Gasteiger partial charge in [-0.2, -0.15) is 0 Å². The fourth-order valence-corrected chi connectivity index (χ4v) is 2.50. The Hall–Kier alpha value is -2.27. The molecule has 0 radical (unpaired) electrons. The number of hydrogen-bond donors (Lipinski definition) is 1. The van der Waals surface area contributed by atoms with E-state index in [0.717, 1.165) is 17.7 Å². The van der Waals surface area contributed by atoms with Crippen molar-refractivity contribution in [3.8, 4) is 0 Å². The van der Waals surface area contributed by atoms with Crippen molar-refractivity contribution in [1.29, 1.82) is 0 Å². The molecule has 0 bridgehead atoms. The van der Waals surface area contributed by atoms with Gasteiger partial charge in [0.25, 0.3) is 0 Å². The van der Waals surface area contributed by atoms with Gasteiger partial charge in [0, 0.05) is 25.1 Å². The number of fused-ring (bicyclic) bond motifs is 1. The van der Waals surface area contributed by atoms with Gasteiger partial charge in [0.1, 0.15) is 5.82 Å². The van der Waals surface area contributed by atoms with Crippen molar-refractivity contribution < 1.29 is 9.53 Å². The highest BCUT2D eigenvalue weighted by molar-refractivity contribution is 5.89. The molecule has 1 N–H and O–H groups in total. The second kappa shape index (κ2) is 6.01. The number of benzene rings is 1. The Bertz CT molecular complexity index is 656. The molecule has 108 valence electrons. The second-order valence-corrected chi connectivity index (χ2v) is 4.99. The Kier molecular flexibility index (Phi) is 3.92. The first-order valence-electron chi connectivity index (χ1n) is 6.99. The zero-order valence-corrected chi connectivity index (χ0v) is 11.9. The molecule has 0 unspecified atom stereocenters. The van der Waals surface area contributed by atoms with Crippen LogP contribution in [0.2, 0.25) is 0 Å². The van der Waals surface area contributed by atoms with Crippen LogP contribution in [0.1, 0.15) is 33.1 Å². The number of rotatable bonds is 4. The van der Waals surface area contributed by atoms with Crippen molar-refractivity contribution in [2.75, 3.05) is 7.11 Å². The predicted molar refractivity (Wildman–Crippen MR) is 77.8 cm³/mol. The van der Waals surface area contributed by atoms with Crippen LogP contribution in [0.15, 0.2) is 30.3 Å². The summed E-state index contributed by atoms with van der Waals surface area (Å²) in [5, 5.41) is 3.20. The van der Waals surface area contributed by atoms with Crippen molar-refractivity contribution >= 4 is 5.97 Å². The van der Waals surface area contributed by atoms with E-state index in [9.17, 15) is 4.79 Å². The van der Waals surface area contributed by atoms with Gasteiger partial charge in [-0.15, -0.1) is 0 Å². The first-order chi connectivity index (χ1) is 10.3. The van der Waals surface area contributed by atoms with Gasteiger partial charge < -0.3 is 10.1 Å². The van der Waals surface area contributed by atoms with E-state index in [1.807, 2.05) is 18.2 Å². The Morgan fingerprint density at radius 1 is 1.19 bits per heavy atom. The lowest BCUT2D eigenvalue weighted by Crippen LogP contribution is -2.13. The van der Waals surface area contributed by atoms with Gasteiger partial charge in [0.15, 0.2) is 5.69 Å². The second-order valence-electron chi connectivity index (χ2n) is 4.99. The fourth-order valence-electron chi connectivity index (χ4n) is 2.50. The van der Waals surface area contributed by atoms with Gasteiger partial charge in [-0.05, 0) is 12.0 Å². The van der Waals surface area contributed by atoms with Gasteiger partial charge in [-0.25, -0.2) is 14.8 Å². The molecule has 0 fully saturated rings. The fraction of sp³-hybridized carbons (Fsp3) is 0.312. The summed E-state index contributed by atoms with van der Waals surface area (Å²) in [7, 11) is 1.38. The van der Waals surface area contributed by atoms with Gasteiger partial charge in [0.2, 0.25) is 0 Å². The van der Waals surface area contributed by atoms with Crippen LogP contribution in [0.4, 0.5) is 0 Å². The van der Waals surface area contributed by atoms with Gasteiger partial charge in [-0.3, -0.25) is 0 Å².